The van der Waals surface area contributed by atoms with Gasteiger partial charge >= 0.3 is 0 Å². The van der Waals surface area contributed by atoms with Crippen LogP contribution in [-0.2, 0) is 0 Å². The summed E-state index contributed by atoms with van der Waals surface area (Å²) in [4.78, 5) is 6.17. The minimum Gasteiger partial charge on any atom is -0.348 e. The van der Waals surface area contributed by atoms with Gasteiger partial charge in [0.05, 0.1) is 9.74 Å². The molecule has 2 fully saturated rings. The third-order valence-electron chi connectivity index (χ3n) is 8.27. The monoisotopic (exact) mass is 622 g/mol. The van der Waals surface area contributed by atoms with E-state index in [4.69, 9.17) is 49.7 Å². The minimum absolute atomic E-state index is 0.198. The summed E-state index contributed by atoms with van der Waals surface area (Å²) >= 11 is 32.0. The molecule has 2 saturated carbocycles. The van der Waals surface area contributed by atoms with Gasteiger partial charge in [0.1, 0.15) is 9.98 Å². The van der Waals surface area contributed by atoms with Crippen molar-refractivity contribution in [2.45, 2.75) is 86.8 Å². The van der Waals surface area contributed by atoms with Crippen molar-refractivity contribution in [1.29, 1.82) is 0 Å². The topological polar surface area (TPSA) is 6.48 Å². The van der Waals surface area contributed by atoms with E-state index in [1.807, 2.05) is 0 Å². The van der Waals surface area contributed by atoms with Crippen LogP contribution in [0.3, 0.4) is 0 Å². The molecule has 0 radical (unpaired) electrons. The van der Waals surface area contributed by atoms with Crippen molar-refractivity contribution in [3.05, 3.63) is 47.5 Å². The van der Waals surface area contributed by atoms with Gasteiger partial charge in [0.25, 0.3) is 0 Å². The molecule has 0 spiro atoms. The predicted molar refractivity (Wildman–Crippen MR) is 187 cm³/mol. The Balaban J connectivity index is 1.73. The number of nitrogens with zero attached hydrogens (tertiary/aromatic N) is 2. The predicted octanol–water partition coefficient (Wildman–Crippen LogP) is 8.62. The van der Waals surface area contributed by atoms with Gasteiger partial charge in [-0.05, 0) is 60.8 Å². The zero-order valence-electron chi connectivity index (χ0n) is 22.3. The summed E-state index contributed by atoms with van der Waals surface area (Å²) in [6.45, 7) is 1.75. The highest BCUT2D eigenvalue weighted by atomic mass is 32.1. The molecule has 0 aromatic heterocycles. The van der Waals surface area contributed by atoms with Gasteiger partial charge in [-0.3, -0.25) is 0 Å². The molecule has 0 heterocycles. The smallest absolute Gasteiger partial charge is 0.110 e. The zero-order valence-corrected chi connectivity index (χ0v) is 27.5. The highest BCUT2D eigenvalue weighted by molar-refractivity contribution is 7.83. The minimum atomic E-state index is -0.198. The maximum atomic E-state index is 6.26. The van der Waals surface area contributed by atoms with Crippen molar-refractivity contribution < 1.29 is 0 Å². The molecule has 0 aliphatic heterocycles. The number of rotatable bonds is 10. The van der Waals surface area contributed by atoms with Crippen LogP contribution in [0.15, 0.2) is 36.4 Å². The summed E-state index contributed by atoms with van der Waals surface area (Å²) in [7, 11) is 0. The Morgan fingerprint density at radius 1 is 0.632 bits per heavy atom. The lowest BCUT2D eigenvalue weighted by molar-refractivity contribution is 0.216. The van der Waals surface area contributed by atoms with Crippen molar-refractivity contribution in [2.75, 3.05) is 24.6 Å². The fraction of sp³-hybridized carbons (Fsp3) is 0.600. The number of benzene rings is 2. The van der Waals surface area contributed by atoms with Gasteiger partial charge in [0.15, 0.2) is 0 Å². The van der Waals surface area contributed by atoms with Crippen LogP contribution in [0.5, 0.6) is 0 Å². The molecule has 0 atom stereocenters. The van der Waals surface area contributed by atoms with E-state index >= 15 is 0 Å². The molecule has 2 aromatic rings. The van der Waals surface area contributed by atoms with Crippen LogP contribution < -0.4 is 0 Å². The highest BCUT2D eigenvalue weighted by Crippen LogP contribution is 2.41. The van der Waals surface area contributed by atoms with Gasteiger partial charge in [-0.25, -0.2) is 0 Å². The molecule has 4 rings (SSSR count). The Kier molecular flexibility index (Phi) is 11.5. The molecule has 0 N–H and O–H groups in total. The number of hydrogen-bond acceptors (Lipinski definition) is 6. The first-order valence-corrected chi connectivity index (χ1v) is 17.1. The Hall–Kier alpha value is -0.120. The standard InChI is InChI=1S/C30H42N2S6/c33-21-9-19-31(29(37)15-5-1-6-16-29)27(35)25-13-14-26(24-12-4-3-11-23(24)25)28(36)32(20-10-22-34)30(38)17-7-2-8-18-30/h3-4,11-14,33-34,37-38H,1-2,5-10,15-22H2. The van der Waals surface area contributed by atoms with E-state index in [-0.39, 0.29) is 9.74 Å². The Labute approximate surface area is 262 Å². The van der Waals surface area contributed by atoms with Gasteiger partial charge in [0.2, 0.25) is 0 Å². The van der Waals surface area contributed by atoms with Gasteiger partial charge in [-0.1, -0.05) is 99.4 Å². The molecule has 0 bridgehead atoms. The first-order chi connectivity index (χ1) is 18.3. The summed E-state index contributed by atoms with van der Waals surface area (Å²) in [5.41, 5.74) is 2.20. The van der Waals surface area contributed by atoms with E-state index in [1.54, 1.807) is 0 Å². The molecule has 0 amide bonds. The van der Waals surface area contributed by atoms with E-state index in [0.29, 0.717) is 0 Å². The van der Waals surface area contributed by atoms with E-state index in [9.17, 15) is 0 Å². The first kappa shape index (κ1) is 30.8. The van der Waals surface area contributed by atoms with Crippen LogP contribution in [-0.4, -0.2) is 54.1 Å². The molecule has 2 aromatic carbocycles. The zero-order chi connectivity index (χ0) is 27.2. The lowest BCUT2D eigenvalue weighted by Crippen LogP contribution is -2.50. The van der Waals surface area contributed by atoms with E-state index in [0.717, 1.165) is 95.0 Å². The van der Waals surface area contributed by atoms with Crippen molar-refractivity contribution in [3.63, 3.8) is 0 Å². The SMILES string of the molecule is S=C(c1ccc(C(=S)N(CCCS)C2(S)CCCCC2)c2ccccc12)N(CCCS)C1(S)CCCCC1. The summed E-state index contributed by atoms with van der Waals surface area (Å²) in [6.07, 6.45) is 13.6. The van der Waals surface area contributed by atoms with Crippen LogP contribution >= 0.6 is 75.0 Å². The third-order valence-corrected chi connectivity index (χ3v) is 11.2. The number of fused-ring (bicyclic) bond motifs is 1. The third kappa shape index (κ3) is 6.84. The van der Waals surface area contributed by atoms with Crippen molar-refractivity contribution in [1.82, 2.24) is 9.80 Å². The molecule has 2 nitrogen and oxygen atoms in total. The second-order valence-electron chi connectivity index (χ2n) is 10.9. The van der Waals surface area contributed by atoms with Crippen molar-refractivity contribution >= 4 is 95.7 Å². The van der Waals surface area contributed by atoms with Crippen LogP contribution in [0.25, 0.3) is 10.8 Å². The molecule has 0 saturated heterocycles. The molecule has 38 heavy (non-hydrogen) atoms. The van der Waals surface area contributed by atoms with Crippen molar-refractivity contribution in [3.8, 4) is 0 Å². The molecule has 2 aliphatic carbocycles. The second kappa shape index (κ2) is 14.2. The quantitative estimate of drug-likeness (QED) is 0.120. The van der Waals surface area contributed by atoms with E-state index in [1.165, 1.54) is 38.5 Å². The fourth-order valence-corrected chi connectivity index (χ4v) is 8.53. The average Bonchev–Trinajstić information content (AvgIpc) is 2.93. The van der Waals surface area contributed by atoms with Gasteiger partial charge in [-0.2, -0.15) is 50.5 Å². The molecule has 8 heteroatoms. The summed E-state index contributed by atoms with van der Waals surface area (Å²) in [5, 5.41) is 2.32. The van der Waals surface area contributed by atoms with Gasteiger partial charge in [-0.15, -0.1) is 0 Å². The Bertz CT molecular complexity index is 1020. The lowest BCUT2D eigenvalue weighted by Gasteiger charge is -2.45. The maximum Gasteiger partial charge on any atom is 0.110 e. The Morgan fingerprint density at radius 3 is 1.34 bits per heavy atom. The molecular formula is C30H42N2S6. The van der Waals surface area contributed by atoms with E-state index < -0.39 is 0 Å². The number of thiol groups is 4. The molecule has 0 unspecified atom stereocenters. The summed E-state index contributed by atoms with van der Waals surface area (Å²) in [5.74, 6) is 1.68. The normalized spacial score (nSPS) is 18.7. The number of hydrogen-bond donors (Lipinski definition) is 4. The van der Waals surface area contributed by atoms with Crippen molar-refractivity contribution in [2.24, 2.45) is 0 Å². The summed E-state index contributed by atoms with van der Waals surface area (Å²) in [6, 6.07) is 13.0. The van der Waals surface area contributed by atoms with Crippen LogP contribution in [0, 0.1) is 0 Å². The first-order valence-electron chi connectivity index (χ1n) is 14.2. The number of thiocarbonyl (C=S) groups is 2. The maximum absolute atomic E-state index is 6.26. The fourth-order valence-electron chi connectivity index (χ4n) is 6.19. The second-order valence-corrected chi connectivity index (χ2v) is 14.2. The van der Waals surface area contributed by atoms with Crippen LogP contribution in [0.4, 0.5) is 0 Å². The Morgan fingerprint density at radius 2 is 1.00 bits per heavy atom. The molecule has 208 valence electrons. The van der Waals surface area contributed by atoms with Gasteiger partial charge in [0, 0.05) is 24.2 Å². The molecular weight excluding hydrogens is 581 g/mol. The average molecular weight is 623 g/mol. The van der Waals surface area contributed by atoms with Crippen LogP contribution in [0.2, 0.25) is 0 Å². The summed E-state index contributed by atoms with van der Waals surface area (Å²) < 4.78 is 0. The largest absolute Gasteiger partial charge is 0.348 e. The van der Waals surface area contributed by atoms with Crippen LogP contribution in [0.1, 0.15) is 88.2 Å². The lowest BCUT2D eigenvalue weighted by atomic mass is 9.91. The van der Waals surface area contributed by atoms with E-state index in [2.05, 4.69) is 71.5 Å². The van der Waals surface area contributed by atoms with Gasteiger partial charge < -0.3 is 9.80 Å². The highest BCUT2D eigenvalue weighted by Gasteiger charge is 2.38. The molecule has 2 aliphatic rings.